The molecule has 1 aromatic heterocycles. The summed E-state index contributed by atoms with van der Waals surface area (Å²) in [7, 11) is 2.11. The molecule has 0 aliphatic carbocycles. The van der Waals surface area contributed by atoms with Crippen LogP contribution in [0.15, 0.2) is 35.1 Å². The highest BCUT2D eigenvalue weighted by atomic mass is 16.1. The second-order valence-corrected chi connectivity index (χ2v) is 5.45. The van der Waals surface area contributed by atoms with Crippen LogP contribution < -0.4 is 16.1 Å². The van der Waals surface area contributed by atoms with Gasteiger partial charge >= 0.3 is 0 Å². The van der Waals surface area contributed by atoms with Crippen molar-refractivity contribution in [3.8, 4) is 5.69 Å². The molecule has 1 N–H and O–H groups in total. The summed E-state index contributed by atoms with van der Waals surface area (Å²) in [6.45, 7) is 7.86. The predicted molar refractivity (Wildman–Crippen MR) is 84.7 cm³/mol. The van der Waals surface area contributed by atoms with E-state index in [1.54, 1.807) is 4.68 Å². The van der Waals surface area contributed by atoms with Gasteiger partial charge in [-0.25, -0.2) is 4.68 Å². The fourth-order valence-corrected chi connectivity index (χ4v) is 2.52. The van der Waals surface area contributed by atoms with Crippen LogP contribution in [0.4, 0.5) is 0 Å². The first-order valence-electron chi connectivity index (χ1n) is 7.15. The van der Waals surface area contributed by atoms with Gasteiger partial charge in [0.2, 0.25) is 0 Å². The van der Waals surface area contributed by atoms with E-state index in [4.69, 9.17) is 0 Å². The highest BCUT2D eigenvalue weighted by Gasteiger charge is 2.11. The monoisotopic (exact) mass is 284 g/mol. The van der Waals surface area contributed by atoms with Crippen LogP contribution in [0.3, 0.4) is 0 Å². The van der Waals surface area contributed by atoms with E-state index in [2.05, 4.69) is 28.5 Å². The number of aromatic amines is 1. The minimum absolute atomic E-state index is 0.0508. The number of hydrogen-bond acceptors (Lipinski definition) is 3. The van der Waals surface area contributed by atoms with Crippen molar-refractivity contribution < 1.29 is 0 Å². The van der Waals surface area contributed by atoms with Crippen LogP contribution in [-0.4, -0.2) is 52.8 Å². The van der Waals surface area contributed by atoms with Crippen molar-refractivity contribution in [2.75, 3.05) is 33.2 Å². The lowest BCUT2D eigenvalue weighted by molar-refractivity contribution is 0.212. The molecule has 1 aliphatic rings. The molecule has 2 aromatic rings. The Balaban J connectivity index is 1.99. The molecule has 0 atom stereocenters. The average molecular weight is 284 g/mol. The van der Waals surface area contributed by atoms with Crippen LogP contribution in [-0.2, 0) is 0 Å². The number of nitrogens with one attached hydrogen (secondary N) is 1. The molecule has 0 unspecified atom stereocenters. The maximum Gasteiger partial charge on any atom is 0.280 e. The van der Waals surface area contributed by atoms with Crippen molar-refractivity contribution in [2.24, 2.45) is 0 Å². The first kappa shape index (κ1) is 13.7. The maximum atomic E-state index is 12.6. The van der Waals surface area contributed by atoms with E-state index >= 15 is 0 Å². The molecule has 110 valence electrons. The first-order chi connectivity index (χ1) is 10.1. The molecule has 0 radical (unpaired) electrons. The molecule has 1 fully saturated rings. The van der Waals surface area contributed by atoms with Gasteiger partial charge in [-0.15, -0.1) is 0 Å². The zero-order valence-corrected chi connectivity index (χ0v) is 12.2. The molecule has 0 saturated carbocycles. The number of rotatable bonds is 2. The van der Waals surface area contributed by atoms with Gasteiger partial charge in [-0.2, -0.15) is 0 Å². The van der Waals surface area contributed by atoms with E-state index in [1.807, 2.05) is 36.5 Å². The third-order valence-electron chi connectivity index (χ3n) is 3.87. The Morgan fingerprint density at radius 3 is 2.48 bits per heavy atom. The maximum absolute atomic E-state index is 12.6. The minimum atomic E-state index is -0.0508. The number of benzene rings is 1. The number of piperazine rings is 1. The Labute approximate surface area is 123 Å². The standard InChI is InChI=1S/C16H20N4O/c1-13-15(12-19-10-8-18(2)9-11-19)16(21)20(17-13)14-6-4-3-5-7-14/h3-7,12,17H,1,8-11H2,2H3/b15-12-. The van der Waals surface area contributed by atoms with E-state index < -0.39 is 0 Å². The van der Waals surface area contributed by atoms with Crippen molar-refractivity contribution in [1.29, 1.82) is 0 Å². The summed E-state index contributed by atoms with van der Waals surface area (Å²) in [5.41, 5.74) is 0.774. The lowest BCUT2D eigenvalue weighted by Gasteiger charge is -2.31. The van der Waals surface area contributed by atoms with E-state index in [0.29, 0.717) is 10.6 Å². The molecular formula is C16H20N4O. The third-order valence-corrected chi connectivity index (χ3v) is 3.87. The second-order valence-electron chi connectivity index (χ2n) is 5.45. The summed E-state index contributed by atoms with van der Waals surface area (Å²) in [6, 6.07) is 9.55. The molecule has 0 amide bonds. The number of para-hydroxylation sites is 1. The third kappa shape index (κ3) is 2.78. The van der Waals surface area contributed by atoms with Gasteiger partial charge in [-0.05, 0) is 19.2 Å². The van der Waals surface area contributed by atoms with Crippen molar-refractivity contribution in [3.63, 3.8) is 0 Å². The van der Waals surface area contributed by atoms with Crippen molar-refractivity contribution in [2.45, 2.75) is 0 Å². The van der Waals surface area contributed by atoms with E-state index in [-0.39, 0.29) is 5.56 Å². The molecule has 5 nitrogen and oxygen atoms in total. The number of hydrogen-bond donors (Lipinski definition) is 1. The van der Waals surface area contributed by atoms with E-state index in [0.717, 1.165) is 31.9 Å². The van der Waals surface area contributed by atoms with Crippen molar-refractivity contribution in [3.05, 3.63) is 51.3 Å². The molecule has 1 aromatic carbocycles. The quantitative estimate of drug-likeness (QED) is 0.813. The van der Waals surface area contributed by atoms with Gasteiger partial charge in [0.1, 0.15) is 0 Å². The fraction of sp³-hybridized carbons (Fsp3) is 0.312. The fourth-order valence-electron chi connectivity index (χ4n) is 2.52. The molecule has 0 spiro atoms. The topological polar surface area (TPSA) is 44.3 Å². The Bertz CT molecular complexity index is 767. The lowest BCUT2D eigenvalue weighted by atomic mass is 10.3. The molecule has 21 heavy (non-hydrogen) atoms. The number of nitrogens with zero attached hydrogens (tertiary/aromatic N) is 3. The van der Waals surface area contributed by atoms with E-state index in [1.165, 1.54) is 0 Å². The second kappa shape index (κ2) is 5.61. The van der Waals surface area contributed by atoms with Crippen LogP contribution in [0.2, 0.25) is 0 Å². The normalized spacial score (nSPS) is 17.4. The van der Waals surface area contributed by atoms with Gasteiger partial charge < -0.3 is 9.80 Å². The van der Waals surface area contributed by atoms with Gasteiger partial charge in [-0.1, -0.05) is 24.8 Å². The highest BCUT2D eigenvalue weighted by molar-refractivity contribution is 5.32. The number of aromatic nitrogens is 2. The van der Waals surface area contributed by atoms with E-state index in [9.17, 15) is 4.79 Å². The molecule has 3 rings (SSSR count). The summed E-state index contributed by atoms with van der Waals surface area (Å²) in [5.74, 6) is 0. The smallest absolute Gasteiger partial charge is 0.280 e. The Kier molecular flexibility index (Phi) is 3.66. The van der Waals surface area contributed by atoms with Gasteiger partial charge in [0.25, 0.3) is 5.56 Å². The molecular weight excluding hydrogens is 264 g/mol. The SMILES string of the molecule is C=c1[nH]n(-c2ccccc2)c(=O)/c1=C\N1CCN(C)CC1. The lowest BCUT2D eigenvalue weighted by Crippen LogP contribution is -2.45. The Morgan fingerprint density at radius 2 is 1.81 bits per heavy atom. The van der Waals surface area contributed by atoms with Gasteiger partial charge in [0.05, 0.1) is 16.3 Å². The number of likely N-dealkylation sites (N-methyl/N-ethyl adjacent to an activating group) is 1. The predicted octanol–water partition coefficient (Wildman–Crippen LogP) is -0.439. The highest BCUT2D eigenvalue weighted by Crippen LogP contribution is 2.00. The summed E-state index contributed by atoms with van der Waals surface area (Å²) in [4.78, 5) is 17.0. The van der Waals surface area contributed by atoms with Crippen molar-refractivity contribution >= 4 is 12.8 Å². The zero-order valence-electron chi connectivity index (χ0n) is 12.2. The Morgan fingerprint density at radius 1 is 1.14 bits per heavy atom. The van der Waals surface area contributed by atoms with Gasteiger partial charge in [0.15, 0.2) is 0 Å². The van der Waals surface area contributed by atoms with Crippen LogP contribution in [0.5, 0.6) is 0 Å². The largest absolute Gasteiger partial charge is 0.374 e. The average Bonchev–Trinajstić information content (AvgIpc) is 2.78. The first-order valence-corrected chi connectivity index (χ1v) is 7.15. The van der Waals surface area contributed by atoms with Gasteiger partial charge in [0, 0.05) is 32.4 Å². The molecule has 2 heterocycles. The Hall–Kier alpha value is -2.27. The molecule has 5 heteroatoms. The number of H-pyrrole nitrogens is 1. The van der Waals surface area contributed by atoms with Crippen LogP contribution >= 0.6 is 0 Å². The van der Waals surface area contributed by atoms with Crippen molar-refractivity contribution in [1.82, 2.24) is 19.6 Å². The zero-order chi connectivity index (χ0) is 14.8. The molecule has 1 aliphatic heterocycles. The summed E-state index contributed by atoms with van der Waals surface area (Å²) >= 11 is 0. The van der Waals surface area contributed by atoms with Crippen LogP contribution in [0.1, 0.15) is 0 Å². The molecule has 1 saturated heterocycles. The van der Waals surface area contributed by atoms with Crippen LogP contribution in [0.25, 0.3) is 18.5 Å². The summed E-state index contributed by atoms with van der Waals surface area (Å²) < 4.78 is 1.55. The molecule has 0 bridgehead atoms. The summed E-state index contributed by atoms with van der Waals surface area (Å²) in [5, 5.41) is 4.35. The summed E-state index contributed by atoms with van der Waals surface area (Å²) in [6.07, 6.45) is 1.94. The van der Waals surface area contributed by atoms with Crippen LogP contribution in [0, 0.1) is 0 Å². The van der Waals surface area contributed by atoms with Gasteiger partial charge in [-0.3, -0.25) is 9.89 Å². The minimum Gasteiger partial charge on any atom is -0.374 e.